The van der Waals surface area contributed by atoms with Gasteiger partial charge in [0.2, 0.25) is 0 Å². The van der Waals surface area contributed by atoms with E-state index in [9.17, 15) is 0 Å². The Morgan fingerprint density at radius 2 is 1.91 bits per heavy atom. The summed E-state index contributed by atoms with van der Waals surface area (Å²) in [6.45, 7) is 7.24. The second-order valence-electron chi connectivity index (χ2n) is 4.85. The highest BCUT2D eigenvalue weighted by Gasteiger charge is 2.35. The first-order chi connectivity index (χ1) is 5.05. The van der Waals surface area contributed by atoms with Crippen molar-refractivity contribution >= 4 is 0 Å². The Labute approximate surface area is 69.8 Å². The zero-order chi connectivity index (χ0) is 8.48. The number of hydrogen-bond acceptors (Lipinski definition) is 1. The maximum Gasteiger partial charge on any atom is 0.0462 e. The fourth-order valence-electron chi connectivity index (χ4n) is 2.40. The van der Waals surface area contributed by atoms with Crippen LogP contribution in [0.4, 0.5) is 0 Å². The van der Waals surface area contributed by atoms with Gasteiger partial charge in [-0.15, -0.1) is 0 Å². The van der Waals surface area contributed by atoms with Gasteiger partial charge in [0.15, 0.2) is 0 Å². The standard InChI is InChI=1S/C10H20O/c1-10(2,3)9-6-4-5-8(9)7-11/h8-9,11H,4-7H2,1-3H3. The van der Waals surface area contributed by atoms with Crippen LogP contribution in [0.2, 0.25) is 0 Å². The minimum atomic E-state index is 0.391. The molecule has 2 atom stereocenters. The molecule has 0 bridgehead atoms. The molecule has 0 aromatic rings. The van der Waals surface area contributed by atoms with E-state index in [0.717, 1.165) is 5.92 Å². The Morgan fingerprint density at radius 1 is 1.27 bits per heavy atom. The Balaban J connectivity index is 2.57. The second kappa shape index (κ2) is 3.14. The Kier molecular flexibility index (Phi) is 2.58. The first-order valence-corrected chi connectivity index (χ1v) is 4.66. The first kappa shape index (κ1) is 9.05. The third-order valence-electron chi connectivity index (χ3n) is 3.01. The van der Waals surface area contributed by atoms with Gasteiger partial charge in [0.05, 0.1) is 0 Å². The van der Waals surface area contributed by atoms with E-state index in [4.69, 9.17) is 5.11 Å². The van der Waals surface area contributed by atoms with Crippen LogP contribution in [0.5, 0.6) is 0 Å². The van der Waals surface area contributed by atoms with Crippen LogP contribution in [0.15, 0.2) is 0 Å². The highest BCUT2D eigenvalue weighted by atomic mass is 16.3. The molecule has 0 amide bonds. The zero-order valence-electron chi connectivity index (χ0n) is 7.93. The molecule has 1 aliphatic rings. The van der Waals surface area contributed by atoms with Crippen molar-refractivity contribution in [1.29, 1.82) is 0 Å². The number of aliphatic hydroxyl groups excluding tert-OH is 1. The van der Waals surface area contributed by atoms with Crippen LogP contribution in [0.25, 0.3) is 0 Å². The van der Waals surface area contributed by atoms with Crippen LogP contribution < -0.4 is 0 Å². The van der Waals surface area contributed by atoms with Gasteiger partial charge in [0, 0.05) is 6.61 Å². The van der Waals surface area contributed by atoms with E-state index in [-0.39, 0.29) is 0 Å². The van der Waals surface area contributed by atoms with Gasteiger partial charge < -0.3 is 5.11 Å². The summed E-state index contributed by atoms with van der Waals surface area (Å²) in [7, 11) is 0. The minimum absolute atomic E-state index is 0.391. The fourth-order valence-corrected chi connectivity index (χ4v) is 2.40. The molecule has 0 aromatic heterocycles. The van der Waals surface area contributed by atoms with Gasteiger partial charge in [-0.2, -0.15) is 0 Å². The SMILES string of the molecule is CC(C)(C)C1CCCC1CO. The maximum atomic E-state index is 9.10. The van der Waals surface area contributed by atoms with Crippen LogP contribution in [-0.4, -0.2) is 11.7 Å². The molecular weight excluding hydrogens is 136 g/mol. The molecule has 1 nitrogen and oxygen atoms in total. The normalized spacial score (nSPS) is 32.7. The van der Waals surface area contributed by atoms with Gasteiger partial charge in [0.1, 0.15) is 0 Å². The molecule has 66 valence electrons. The van der Waals surface area contributed by atoms with Gasteiger partial charge in [-0.3, -0.25) is 0 Å². The van der Waals surface area contributed by atoms with Crippen molar-refractivity contribution in [2.45, 2.75) is 40.0 Å². The first-order valence-electron chi connectivity index (χ1n) is 4.66. The molecule has 1 saturated carbocycles. The molecule has 0 aliphatic heterocycles. The molecule has 0 aromatic carbocycles. The summed E-state index contributed by atoms with van der Waals surface area (Å²) in [5, 5.41) is 9.10. The van der Waals surface area contributed by atoms with Crippen LogP contribution in [0.3, 0.4) is 0 Å². The van der Waals surface area contributed by atoms with Gasteiger partial charge in [-0.1, -0.05) is 27.2 Å². The zero-order valence-corrected chi connectivity index (χ0v) is 7.93. The maximum absolute atomic E-state index is 9.10. The fraction of sp³-hybridized carbons (Fsp3) is 1.00. The molecule has 0 saturated heterocycles. The van der Waals surface area contributed by atoms with E-state index in [1.165, 1.54) is 19.3 Å². The lowest BCUT2D eigenvalue weighted by Gasteiger charge is -2.31. The smallest absolute Gasteiger partial charge is 0.0462 e. The van der Waals surface area contributed by atoms with Gasteiger partial charge in [0.25, 0.3) is 0 Å². The lowest BCUT2D eigenvalue weighted by Crippen LogP contribution is -2.25. The van der Waals surface area contributed by atoms with Crippen LogP contribution in [0.1, 0.15) is 40.0 Å². The molecular formula is C10H20O. The summed E-state index contributed by atoms with van der Waals surface area (Å²) in [5.74, 6) is 1.32. The van der Waals surface area contributed by atoms with Crippen LogP contribution in [-0.2, 0) is 0 Å². The molecule has 2 unspecified atom stereocenters. The molecule has 1 heteroatoms. The van der Waals surface area contributed by atoms with E-state index in [2.05, 4.69) is 20.8 Å². The lowest BCUT2D eigenvalue weighted by molar-refractivity contribution is 0.123. The summed E-state index contributed by atoms with van der Waals surface area (Å²) in [5.41, 5.74) is 0.393. The molecule has 1 aliphatic carbocycles. The monoisotopic (exact) mass is 156 g/mol. The van der Waals surface area contributed by atoms with Gasteiger partial charge in [-0.25, -0.2) is 0 Å². The van der Waals surface area contributed by atoms with E-state index in [1.54, 1.807) is 0 Å². The summed E-state index contributed by atoms with van der Waals surface area (Å²) in [6.07, 6.45) is 3.86. The van der Waals surface area contributed by atoms with Crippen LogP contribution >= 0.6 is 0 Å². The van der Waals surface area contributed by atoms with Crippen molar-refractivity contribution in [2.75, 3.05) is 6.61 Å². The van der Waals surface area contributed by atoms with Crippen molar-refractivity contribution in [3.63, 3.8) is 0 Å². The number of aliphatic hydroxyl groups is 1. The third kappa shape index (κ3) is 1.96. The average molecular weight is 156 g/mol. The van der Waals surface area contributed by atoms with Crippen molar-refractivity contribution in [1.82, 2.24) is 0 Å². The molecule has 1 fully saturated rings. The number of hydrogen-bond donors (Lipinski definition) is 1. The van der Waals surface area contributed by atoms with E-state index in [0.29, 0.717) is 17.9 Å². The summed E-state index contributed by atoms with van der Waals surface area (Å²) < 4.78 is 0. The summed E-state index contributed by atoms with van der Waals surface area (Å²) in [4.78, 5) is 0. The Hall–Kier alpha value is -0.0400. The van der Waals surface area contributed by atoms with Crippen molar-refractivity contribution in [2.24, 2.45) is 17.3 Å². The predicted molar refractivity (Wildman–Crippen MR) is 47.4 cm³/mol. The quantitative estimate of drug-likeness (QED) is 0.618. The topological polar surface area (TPSA) is 20.2 Å². The summed E-state index contributed by atoms with van der Waals surface area (Å²) >= 11 is 0. The largest absolute Gasteiger partial charge is 0.396 e. The molecule has 0 radical (unpaired) electrons. The van der Waals surface area contributed by atoms with E-state index in [1.807, 2.05) is 0 Å². The molecule has 1 rings (SSSR count). The molecule has 11 heavy (non-hydrogen) atoms. The van der Waals surface area contributed by atoms with Crippen LogP contribution in [0, 0.1) is 17.3 Å². The van der Waals surface area contributed by atoms with Gasteiger partial charge >= 0.3 is 0 Å². The highest BCUT2D eigenvalue weighted by molar-refractivity contribution is 4.85. The molecule has 0 spiro atoms. The minimum Gasteiger partial charge on any atom is -0.396 e. The average Bonchev–Trinajstić information content (AvgIpc) is 2.31. The van der Waals surface area contributed by atoms with Crippen molar-refractivity contribution < 1.29 is 5.11 Å². The van der Waals surface area contributed by atoms with Crippen molar-refractivity contribution in [3.8, 4) is 0 Å². The highest BCUT2D eigenvalue weighted by Crippen LogP contribution is 2.42. The summed E-state index contributed by atoms with van der Waals surface area (Å²) in [6, 6.07) is 0. The van der Waals surface area contributed by atoms with Gasteiger partial charge in [-0.05, 0) is 30.1 Å². The predicted octanol–water partition coefficient (Wildman–Crippen LogP) is 2.44. The van der Waals surface area contributed by atoms with E-state index < -0.39 is 0 Å². The third-order valence-corrected chi connectivity index (χ3v) is 3.01. The number of rotatable bonds is 1. The molecule has 0 heterocycles. The Bertz CT molecular complexity index is 123. The molecule has 1 N–H and O–H groups in total. The van der Waals surface area contributed by atoms with Crippen molar-refractivity contribution in [3.05, 3.63) is 0 Å². The Morgan fingerprint density at radius 3 is 2.27 bits per heavy atom. The van der Waals surface area contributed by atoms with E-state index >= 15 is 0 Å². The second-order valence-corrected chi connectivity index (χ2v) is 4.85. The lowest BCUT2D eigenvalue weighted by atomic mass is 9.75.